The summed E-state index contributed by atoms with van der Waals surface area (Å²) in [6.45, 7) is 3.87. The van der Waals surface area contributed by atoms with Crippen LogP contribution in [-0.4, -0.2) is 37.9 Å². The van der Waals surface area contributed by atoms with Crippen molar-refractivity contribution >= 4 is 17.7 Å². The highest BCUT2D eigenvalue weighted by molar-refractivity contribution is 5.94. The molecule has 8 heteroatoms. The van der Waals surface area contributed by atoms with Crippen molar-refractivity contribution in [2.24, 2.45) is 17.8 Å². The third-order valence-electron chi connectivity index (χ3n) is 2.81. The number of carbonyl (C=O) groups is 3. The second kappa shape index (κ2) is 9.32. The van der Waals surface area contributed by atoms with E-state index >= 15 is 0 Å². The summed E-state index contributed by atoms with van der Waals surface area (Å²) >= 11 is 0. The Balaban J connectivity index is 5.59. The summed E-state index contributed by atoms with van der Waals surface area (Å²) < 4.78 is 0. The van der Waals surface area contributed by atoms with Crippen LogP contribution in [0.4, 0.5) is 0 Å². The van der Waals surface area contributed by atoms with Crippen LogP contribution in [0.1, 0.15) is 13.8 Å². The molecule has 0 rings (SSSR count). The number of hydrogen-bond acceptors (Lipinski definition) is 5. The Morgan fingerprint density at radius 3 is 1.52 bits per heavy atom. The van der Waals surface area contributed by atoms with Gasteiger partial charge in [-0.3, -0.25) is 14.4 Å². The van der Waals surface area contributed by atoms with Crippen LogP contribution in [0.15, 0.2) is 0 Å². The van der Waals surface area contributed by atoms with Crippen LogP contribution >= 0.6 is 0 Å². The first-order chi connectivity index (χ1) is 9.98. The SMILES string of the molecule is CCNC(=O)C(C#N)C(C(=O)NC)C(C#N)C(=O)NCC. The maximum Gasteiger partial charge on any atom is 0.238 e. The fourth-order valence-corrected chi connectivity index (χ4v) is 1.83. The molecular formula is C13H19N5O3. The summed E-state index contributed by atoms with van der Waals surface area (Å²) in [7, 11) is 1.31. The first-order valence-electron chi connectivity index (χ1n) is 6.54. The predicted molar refractivity (Wildman–Crippen MR) is 73.1 cm³/mol. The van der Waals surface area contributed by atoms with Gasteiger partial charge in [0.2, 0.25) is 17.7 Å². The van der Waals surface area contributed by atoms with Gasteiger partial charge in [-0.15, -0.1) is 0 Å². The van der Waals surface area contributed by atoms with Gasteiger partial charge in [0.25, 0.3) is 0 Å². The minimum atomic E-state index is -1.42. The smallest absolute Gasteiger partial charge is 0.238 e. The Bertz CT molecular complexity index is 441. The largest absolute Gasteiger partial charge is 0.359 e. The Morgan fingerprint density at radius 2 is 1.29 bits per heavy atom. The van der Waals surface area contributed by atoms with Crippen molar-refractivity contribution in [3.8, 4) is 12.1 Å². The molecule has 0 saturated carbocycles. The van der Waals surface area contributed by atoms with Crippen molar-refractivity contribution < 1.29 is 14.4 Å². The molecule has 3 amide bonds. The van der Waals surface area contributed by atoms with E-state index in [4.69, 9.17) is 10.5 Å². The lowest BCUT2D eigenvalue weighted by molar-refractivity contribution is -0.137. The van der Waals surface area contributed by atoms with Crippen molar-refractivity contribution in [2.75, 3.05) is 20.1 Å². The number of nitrogens with one attached hydrogen (secondary N) is 3. The van der Waals surface area contributed by atoms with Gasteiger partial charge in [-0.05, 0) is 13.8 Å². The molecule has 0 bridgehead atoms. The highest BCUT2D eigenvalue weighted by Gasteiger charge is 2.42. The Labute approximate surface area is 123 Å². The molecule has 0 aromatic rings. The average molecular weight is 293 g/mol. The van der Waals surface area contributed by atoms with Crippen molar-refractivity contribution in [1.29, 1.82) is 10.5 Å². The molecule has 0 heterocycles. The third-order valence-corrected chi connectivity index (χ3v) is 2.81. The minimum absolute atomic E-state index is 0.274. The molecule has 0 aliphatic rings. The van der Waals surface area contributed by atoms with E-state index in [9.17, 15) is 14.4 Å². The molecule has 0 spiro atoms. The van der Waals surface area contributed by atoms with Gasteiger partial charge in [-0.25, -0.2) is 0 Å². The fraction of sp³-hybridized carbons (Fsp3) is 0.615. The lowest BCUT2D eigenvalue weighted by atomic mass is 9.80. The van der Waals surface area contributed by atoms with Crippen LogP contribution < -0.4 is 16.0 Å². The normalized spacial score (nSPS) is 13.8. The highest BCUT2D eigenvalue weighted by atomic mass is 16.2. The van der Waals surface area contributed by atoms with Crippen LogP contribution in [-0.2, 0) is 14.4 Å². The second-order valence-corrected chi connectivity index (χ2v) is 4.14. The van der Waals surface area contributed by atoms with E-state index in [1.165, 1.54) is 7.05 Å². The van der Waals surface area contributed by atoms with Gasteiger partial charge in [-0.2, -0.15) is 10.5 Å². The summed E-state index contributed by atoms with van der Waals surface area (Å²) in [5.74, 6) is -6.28. The molecule has 114 valence electrons. The first kappa shape index (κ1) is 18.4. The molecule has 0 saturated heterocycles. The summed E-state index contributed by atoms with van der Waals surface area (Å²) in [4.78, 5) is 35.7. The van der Waals surface area contributed by atoms with Crippen LogP contribution in [0.5, 0.6) is 0 Å². The minimum Gasteiger partial charge on any atom is -0.359 e. The molecule has 0 aromatic carbocycles. The zero-order valence-corrected chi connectivity index (χ0v) is 12.3. The van der Waals surface area contributed by atoms with Crippen LogP contribution in [0.25, 0.3) is 0 Å². The number of carbonyl (C=O) groups excluding carboxylic acids is 3. The lowest BCUT2D eigenvalue weighted by Crippen LogP contribution is -2.48. The maximum absolute atomic E-state index is 12.0. The zero-order chi connectivity index (χ0) is 16.4. The molecule has 0 aliphatic carbocycles. The summed E-state index contributed by atoms with van der Waals surface area (Å²) in [6.07, 6.45) is 0. The van der Waals surface area contributed by atoms with Crippen LogP contribution in [0.2, 0.25) is 0 Å². The summed E-state index contributed by atoms with van der Waals surface area (Å²) in [5, 5.41) is 25.5. The van der Waals surface area contributed by atoms with Gasteiger partial charge < -0.3 is 16.0 Å². The van der Waals surface area contributed by atoms with Gasteiger partial charge in [0.05, 0.1) is 18.1 Å². The van der Waals surface area contributed by atoms with Gasteiger partial charge in [0, 0.05) is 20.1 Å². The molecule has 2 atom stereocenters. The summed E-state index contributed by atoms with van der Waals surface area (Å²) in [6, 6.07) is 3.42. The summed E-state index contributed by atoms with van der Waals surface area (Å²) in [5.41, 5.74) is 0. The monoisotopic (exact) mass is 293 g/mol. The molecule has 8 nitrogen and oxygen atoms in total. The molecule has 0 fully saturated rings. The van der Waals surface area contributed by atoms with Gasteiger partial charge >= 0.3 is 0 Å². The molecule has 0 radical (unpaired) electrons. The highest BCUT2D eigenvalue weighted by Crippen LogP contribution is 2.22. The maximum atomic E-state index is 12.0. The van der Waals surface area contributed by atoms with Crippen molar-refractivity contribution in [3.05, 3.63) is 0 Å². The number of nitriles is 2. The predicted octanol–water partition coefficient (Wildman–Crippen LogP) is -1.10. The molecule has 2 unspecified atom stereocenters. The van der Waals surface area contributed by atoms with E-state index < -0.39 is 35.5 Å². The van der Waals surface area contributed by atoms with E-state index in [1.807, 2.05) is 0 Å². The number of hydrogen-bond donors (Lipinski definition) is 3. The zero-order valence-electron chi connectivity index (χ0n) is 12.3. The van der Waals surface area contributed by atoms with Crippen LogP contribution in [0, 0.1) is 40.4 Å². The number of amides is 3. The van der Waals surface area contributed by atoms with Gasteiger partial charge in [0.15, 0.2) is 0 Å². The molecule has 3 N–H and O–H groups in total. The Kier molecular flexibility index (Phi) is 8.16. The quantitative estimate of drug-likeness (QED) is 0.547. The third kappa shape index (κ3) is 4.77. The van der Waals surface area contributed by atoms with Crippen molar-refractivity contribution in [1.82, 2.24) is 16.0 Å². The molecule has 0 aromatic heterocycles. The lowest BCUT2D eigenvalue weighted by Gasteiger charge is -2.23. The van der Waals surface area contributed by atoms with E-state index in [-0.39, 0.29) is 13.1 Å². The van der Waals surface area contributed by atoms with Crippen molar-refractivity contribution in [3.63, 3.8) is 0 Å². The standard InChI is InChI=1S/C13H19N5O3/c1-4-17-11(19)8(6-14)10(13(21)16-3)9(7-15)12(20)18-5-2/h8-10H,4-5H2,1-3H3,(H,16,21)(H,17,19)(H,18,20). The van der Waals surface area contributed by atoms with Crippen molar-refractivity contribution in [2.45, 2.75) is 13.8 Å². The average Bonchev–Trinajstić information content (AvgIpc) is 2.47. The van der Waals surface area contributed by atoms with Gasteiger partial charge in [-0.1, -0.05) is 0 Å². The van der Waals surface area contributed by atoms with Crippen LogP contribution in [0.3, 0.4) is 0 Å². The topological polar surface area (TPSA) is 135 Å². The Hall–Kier alpha value is -2.61. The van der Waals surface area contributed by atoms with Gasteiger partial charge in [0.1, 0.15) is 11.8 Å². The van der Waals surface area contributed by atoms with E-state index in [0.717, 1.165) is 0 Å². The number of rotatable bonds is 7. The fourth-order valence-electron chi connectivity index (χ4n) is 1.83. The first-order valence-corrected chi connectivity index (χ1v) is 6.54. The van der Waals surface area contributed by atoms with E-state index in [1.54, 1.807) is 26.0 Å². The molecular weight excluding hydrogens is 274 g/mol. The Morgan fingerprint density at radius 1 is 0.905 bits per heavy atom. The van der Waals surface area contributed by atoms with E-state index in [2.05, 4.69) is 16.0 Å². The number of nitrogens with zero attached hydrogens (tertiary/aromatic N) is 2. The molecule has 21 heavy (non-hydrogen) atoms. The molecule has 0 aliphatic heterocycles. The second-order valence-electron chi connectivity index (χ2n) is 4.14. The van der Waals surface area contributed by atoms with E-state index in [0.29, 0.717) is 0 Å².